The van der Waals surface area contributed by atoms with Gasteiger partial charge in [-0.25, -0.2) is 0 Å². The van der Waals surface area contributed by atoms with E-state index in [-0.39, 0.29) is 0 Å². The summed E-state index contributed by atoms with van der Waals surface area (Å²) in [6, 6.07) is 7.51. The lowest BCUT2D eigenvalue weighted by Crippen LogP contribution is -2.26. The van der Waals surface area contributed by atoms with Crippen LogP contribution in [0.25, 0.3) is 0 Å². The Morgan fingerprint density at radius 3 is 3.11 bits per heavy atom. The Hall–Kier alpha value is -1.36. The molecule has 1 unspecified atom stereocenters. The molecular formula is C15H21NO3. The maximum absolute atomic E-state index is 10.1. The van der Waals surface area contributed by atoms with Gasteiger partial charge in [0, 0.05) is 13.1 Å². The van der Waals surface area contributed by atoms with Crippen LogP contribution in [0.3, 0.4) is 0 Å². The summed E-state index contributed by atoms with van der Waals surface area (Å²) in [6.07, 6.45) is 2.66. The standard InChI is InChI=1S/C15H21NO3/c1-18-14-6-2-5-13(8-14)15(17)10-16-9-12-4-3-7-19-11-12/h2,4-6,8,15-17H,3,7,9-11H2,1H3. The number of methoxy groups -OCH3 is 1. The predicted molar refractivity (Wildman–Crippen MR) is 74.3 cm³/mol. The molecule has 0 bridgehead atoms. The second-order valence-corrected chi connectivity index (χ2v) is 4.63. The van der Waals surface area contributed by atoms with E-state index in [9.17, 15) is 5.11 Å². The van der Waals surface area contributed by atoms with Gasteiger partial charge in [-0.1, -0.05) is 18.2 Å². The molecule has 0 radical (unpaired) electrons. The van der Waals surface area contributed by atoms with Crippen molar-refractivity contribution in [3.63, 3.8) is 0 Å². The van der Waals surface area contributed by atoms with Crippen LogP contribution in [0.2, 0.25) is 0 Å². The molecule has 2 rings (SSSR count). The third-order valence-corrected chi connectivity index (χ3v) is 3.15. The molecule has 2 N–H and O–H groups in total. The van der Waals surface area contributed by atoms with Gasteiger partial charge in [0.05, 0.1) is 26.4 Å². The molecular weight excluding hydrogens is 242 g/mol. The van der Waals surface area contributed by atoms with E-state index in [1.165, 1.54) is 5.57 Å². The largest absolute Gasteiger partial charge is 0.497 e. The molecule has 0 saturated heterocycles. The molecule has 0 saturated carbocycles. The summed E-state index contributed by atoms with van der Waals surface area (Å²) in [5.74, 6) is 0.764. The summed E-state index contributed by atoms with van der Waals surface area (Å²) < 4.78 is 10.5. The lowest BCUT2D eigenvalue weighted by atomic mass is 10.1. The molecule has 0 spiro atoms. The van der Waals surface area contributed by atoms with Gasteiger partial charge in [0.15, 0.2) is 0 Å². The molecule has 104 valence electrons. The quantitative estimate of drug-likeness (QED) is 0.767. The van der Waals surface area contributed by atoms with Crippen LogP contribution in [0, 0.1) is 0 Å². The van der Waals surface area contributed by atoms with Crippen molar-refractivity contribution in [3.05, 3.63) is 41.5 Å². The van der Waals surface area contributed by atoms with E-state index in [2.05, 4.69) is 11.4 Å². The van der Waals surface area contributed by atoms with Crippen LogP contribution in [0.5, 0.6) is 5.75 Å². The van der Waals surface area contributed by atoms with Crippen molar-refractivity contribution in [1.29, 1.82) is 0 Å². The summed E-state index contributed by atoms with van der Waals surface area (Å²) in [5.41, 5.74) is 2.12. The van der Waals surface area contributed by atoms with Gasteiger partial charge in [0.2, 0.25) is 0 Å². The lowest BCUT2D eigenvalue weighted by Gasteiger charge is -2.16. The van der Waals surface area contributed by atoms with E-state index in [4.69, 9.17) is 9.47 Å². The number of hydrogen-bond donors (Lipinski definition) is 2. The zero-order valence-corrected chi connectivity index (χ0v) is 11.3. The van der Waals surface area contributed by atoms with Gasteiger partial charge >= 0.3 is 0 Å². The SMILES string of the molecule is COc1cccc(C(O)CNCC2=CCCOC2)c1. The Balaban J connectivity index is 1.80. The second kappa shape index (κ2) is 7.28. The van der Waals surface area contributed by atoms with Gasteiger partial charge in [0.25, 0.3) is 0 Å². The first-order valence-electron chi connectivity index (χ1n) is 6.58. The van der Waals surface area contributed by atoms with Crippen molar-refractivity contribution in [1.82, 2.24) is 5.32 Å². The predicted octanol–water partition coefficient (Wildman–Crippen LogP) is 1.66. The summed E-state index contributed by atoms with van der Waals surface area (Å²) in [6.45, 7) is 2.80. The monoisotopic (exact) mass is 263 g/mol. The van der Waals surface area contributed by atoms with Crippen molar-refractivity contribution in [2.24, 2.45) is 0 Å². The van der Waals surface area contributed by atoms with Gasteiger partial charge in [-0.3, -0.25) is 0 Å². The third-order valence-electron chi connectivity index (χ3n) is 3.15. The molecule has 0 amide bonds. The molecule has 1 aromatic carbocycles. The highest BCUT2D eigenvalue weighted by molar-refractivity contribution is 5.29. The molecule has 1 atom stereocenters. The van der Waals surface area contributed by atoms with Gasteiger partial charge in [-0.2, -0.15) is 0 Å². The maximum Gasteiger partial charge on any atom is 0.119 e. The van der Waals surface area contributed by atoms with Crippen LogP contribution in [-0.2, 0) is 4.74 Å². The number of benzene rings is 1. The fourth-order valence-corrected chi connectivity index (χ4v) is 2.07. The average molecular weight is 263 g/mol. The fourth-order valence-electron chi connectivity index (χ4n) is 2.07. The molecule has 1 aromatic rings. The topological polar surface area (TPSA) is 50.7 Å². The minimum Gasteiger partial charge on any atom is -0.497 e. The van der Waals surface area contributed by atoms with Crippen LogP contribution in [-0.4, -0.2) is 38.5 Å². The summed E-state index contributed by atoms with van der Waals surface area (Å²) in [5, 5.41) is 13.4. The Morgan fingerprint density at radius 2 is 2.37 bits per heavy atom. The highest BCUT2D eigenvalue weighted by Crippen LogP contribution is 2.18. The molecule has 1 aliphatic rings. The first-order valence-corrected chi connectivity index (χ1v) is 6.58. The van der Waals surface area contributed by atoms with Crippen LogP contribution < -0.4 is 10.1 Å². The minimum absolute atomic E-state index is 0.518. The van der Waals surface area contributed by atoms with Gasteiger partial charge in [-0.05, 0) is 29.7 Å². The Bertz CT molecular complexity index is 431. The molecule has 1 aliphatic heterocycles. The molecule has 0 aliphatic carbocycles. The highest BCUT2D eigenvalue weighted by Gasteiger charge is 2.09. The minimum atomic E-state index is -0.528. The normalized spacial score (nSPS) is 16.8. The van der Waals surface area contributed by atoms with Crippen molar-refractivity contribution in [2.75, 3.05) is 33.4 Å². The van der Waals surface area contributed by atoms with Crippen LogP contribution in [0.1, 0.15) is 18.1 Å². The Morgan fingerprint density at radius 1 is 1.47 bits per heavy atom. The molecule has 4 nitrogen and oxygen atoms in total. The van der Waals surface area contributed by atoms with Crippen LogP contribution in [0.4, 0.5) is 0 Å². The van der Waals surface area contributed by atoms with E-state index in [1.54, 1.807) is 7.11 Å². The molecule has 0 fully saturated rings. The zero-order chi connectivity index (χ0) is 13.5. The molecule has 4 heteroatoms. The smallest absolute Gasteiger partial charge is 0.119 e. The highest BCUT2D eigenvalue weighted by atomic mass is 16.5. The van der Waals surface area contributed by atoms with Crippen LogP contribution >= 0.6 is 0 Å². The Kier molecular flexibility index (Phi) is 5.39. The van der Waals surface area contributed by atoms with E-state index in [1.807, 2.05) is 24.3 Å². The Labute approximate surface area is 114 Å². The number of hydrogen-bond acceptors (Lipinski definition) is 4. The second-order valence-electron chi connectivity index (χ2n) is 4.63. The van der Waals surface area contributed by atoms with Gasteiger partial charge < -0.3 is 19.9 Å². The summed E-state index contributed by atoms with van der Waals surface area (Å²) in [7, 11) is 1.62. The molecule has 19 heavy (non-hydrogen) atoms. The number of rotatable bonds is 6. The summed E-state index contributed by atoms with van der Waals surface area (Å²) >= 11 is 0. The van der Waals surface area contributed by atoms with Crippen molar-refractivity contribution in [2.45, 2.75) is 12.5 Å². The molecule has 1 heterocycles. The summed E-state index contributed by atoms with van der Waals surface area (Å²) in [4.78, 5) is 0. The van der Waals surface area contributed by atoms with E-state index >= 15 is 0 Å². The van der Waals surface area contributed by atoms with Gasteiger partial charge in [0.1, 0.15) is 5.75 Å². The van der Waals surface area contributed by atoms with Crippen molar-refractivity contribution < 1.29 is 14.6 Å². The number of aliphatic hydroxyl groups is 1. The first kappa shape index (κ1) is 14.1. The van der Waals surface area contributed by atoms with E-state index < -0.39 is 6.10 Å². The van der Waals surface area contributed by atoms with Crippen LogP contribution in [0.15, 0.2) is 35.9 Å². The van der Waals surface area contributed by atoms with Crippen molar-refractivity contribution in [3.8, 4) is 5.75 Å². The average Bonchev–Trinajstić information content (AvgIpc) is 2.48. The maximum atomic E-state index is 10.1. The van der Waals surface area contributed by atoms with E-state index in [0.29, 0.717) is 13.2 Å². The third kappa shape index (κ3) is 4.35. The number of aliphatic hydroxyl groups excluding tert-OH is 1. The molecule has 0 aromatic heterocycles. The van der Waals surface area contributed by atoms with Gasteiger partial charge in [-0.15, -0.1) is 0 Å². The number of ether oxygens (including phenoxy) is 2. The first-order chi connectivity index (χ1) is 9.29. The number of nitrogens with one attached hydrogen (secondary N) is 1. The fraction of sp³-hybridized carbons (Fsp3) is 0.467. The zero-order valence-electron chi connectivity index (χ0n) is 11.3. The van der Waals surface area contributed by atoms with E-state index in [0.717, 1.165) is 30.9 Å². The van der Waals surface area contributed by atoms with Crippen molar-refractivity contribution >= 4 is 0 Å². The lowest BCUT2D eigenvalue weighted by molar-refractivity contribution is 0.146.